The number of rotatable bonds is 5. The summed E-state index contributed by atoms with van der Waals surface area (Å²) in [5.41, 5.74) is 0.635. The monoisotopic (exact) mass is 327 g/mol. The molecule has 0 spiro atoms. The Labute approximate surface area is 119 Å². The van der Waals surface area contributed by atoms with Gasteiger partial charge in [-0.2, -0.15) is 0 Å². The number of amides is 3. The number of carbonyl (C=O) groups is 3. The summed E-state index contributed by atoms with van der Waals surface area (Å²) in [6.07, 6.45) is 0. The molecule has 0 fully saturated rings. The Morgan fingerprint density at radius 3 is 2.42 bits per heavy atom. The zero-order valence-corrected chi connectivity index (χ0v) is 11.9. The molecule has 6 nitrogen and oxygen atoms in total. The Hall–Kier alpha value is -1.89. The maximum absolute atomic E-state index is 11.5. The lowest BCUT2D eigenvalue weighted by atomic mass is 10.3. The van der Waals surface area contributed by atoms with Crippen molar-refractivity contribution < 1.29 is 14.4 Å². The quantitative estimate of drug-likeness (QED) is 0.741. The SMILES string of the molecule is CC(=O)NCC(=O)NCC(=O)Nc1cccc(Br)c1. The van der Waals surface area contributed by atoms with Gasteiger partial charge in [0.25, 0.3) is 0 Å². The fourth-order valence-corrected chi connectivity index (χ4v) is 1.62. The molecule has 3 N–H and O–H groups in total. The molecule has 0 atom stereocenters. The Morgan fingerprint density at radius 1 is 1.11 bits per heavy atom. The Balaban J connectivity index is 2.32. The van der Waals surface area contributed by atoms with Crippen molar-refractivity contribution in [3.05, 3.63) is 28.7 Å². The second-order valence-corrected chi connectivity index (χ2v) is 4.66. The minimum absolute atomic E-state index is 0.139. The summed E-state index contributed by atoms with van der Waals surface area (Å²) in [6, 6.07) is 7.11. The number of nitrogens with one attached hydrogen (secondary N) is 3. The zero-order chi connectivity index (χ0) is 14.3. The molecule has 0 aliphatic heterocycles. The van der Waals surface area contributed by atoms with Crippen LogP contribution in [0.2, 0.25) is 0 Å². The predicted molar refractivity (Wildman–Crippen MR) is 74.5 cm³/mol. The van der Waals surface area contributed by atoms with E-state index in [9.17, 15) is 14.4 Å². The molecule has 102 valence electrons. The van der Waals surface area contributed by atoms with E-state index in [4.69, 9.17) is 0 Å². The highest BCUT2D eigenvalue weighted by molar-refractivity contribution is 9.10. The van der Waals surface area contributed by atoms with Crippen LogP contribution in [0.4, 0.5) is 5.69 Å². The van der Waals surface area contributed by atoms with Crippen LogP contribution >= 0.6 is 15.9 Å². The first-order valence-electron chi connectivity index (χ1n) is 5.54. The molecular weight excluding hydrogens is 314 g/mol. The molecule has 0 radical (unpaired) electrons. The maximum Gasteiger partial charge on any atom is 0.243 e. The Morgan fingerprint density at radius 2 is 1.79 bits per heavy atom. The smallest absolute Gasteiger partial charge is 0.243 e. The normalized spacial score (nSPS) is 9.58. The standard InChI is InChI=1S/C12H14BrN3O3/c1-8(17)14-6-11(18)15-7-12(19)16-10-4-2-3-9(13)5-10/h2-5H,6-7H2,1H3,(H,14,17)(H,15,18)(H,16,19). The second kappa shape index (κ2) is 7.52. The van der Waals surface area contributed by atoms with Gasteiger partial charge in [0.2, 0.25) is 17.7 Å². The van der Waals surface area contributed by atoms with E-state index in [0.29, 0.717) is 5.69 Å². The number of halogens is 1. The third kappa shape index (κ3) is 6.56. The zero-order valence-electron chi connectivity index (χ0n) is 10.3. The molecule has 1 aromatic rings. The van der Waals surface area contributed by atoms with Crippen LogP contribution < -0.4 is 16.0 Å². The van der Waals surface area contributed by atoms with Gasteiger partial charge >= 0.3 is 0 Å². The lowest BCUT2D eigenvalue weighted by Gasteiger charge is -2.07. The van der Waals surface area contributed by atoms with Crippen molar-refractivity contribution in [1.82, 2.24) is 10.6 Å². The first kappa shape index (κ1) is 15.2. The van der Waals surface area contributed by atoms with Gasteiger partial charge in [0.05, 0.1) is 13.1 Å². The molecular formula is C12H14BrN3O3. The van der Waals surface area contributed by atoms with Crippen molar-refractivity contribution in [3.63, 3.8) is 0 Å². The molecule has 0 heterocycles. The van der Waals surface area contributed by atoms with Crippen molar-refractivity contribution in [3.8, 4) is 0 Å². The van der Waals surface area contributed by atoms with Crippen LogP contribution in [0.3, 0.4) is 0 Å². The van der Waals surface area contributed by atoms with Crippen LogP contribution in [0.15, 0.2) is 28.7 Å². The van der Waals surface area contributed by atoms with Crippen LogP contribution in [0, 0.1) is 0 Å². The van der Waals surface area contributed by atoms with Crippen LogP contribution in [-0.4, -0.2) is 30.8 Å². The van der Waals surface area contributed by atoms with E-state index in [1.165, 1.54) is 6.92 Å². The maximum atomic E-state index is 11.5. The molecule has 0 aliphatic carbocycles. The van der Waals surface area contributed by atoms with Crippen LogP contribution in [0.25, 0.3) is 0 Å². The van der Waals surface area contributed by atoms with E-state index in [1.807, 2.05) is 6.07 Å². The van der Waals surface area contributed by atoms with Gasteiger partial charge in [-0.25, -0.2) is 0 Å². The average Bonchev–Trinajstić information content (AvgIpc) is 2.34. The molecule has 7 heteroatoms. The fourth-order valence-electron chi connectivity index (χ4n) is 1.22. The molecule has 0 saturated heterocycles. The molecule has 0 bridgehead atoms. The summed E-state index contributed by atoms with van der Waals surface area (Å²) in [6.45, 7) is 1.03. The lowest BCUT2D eigenvalue weighted by Crippen LogP contribution is -2.39. The van der Waals surface area contributed by atoms with E-state index in [0.717, 1.165) is 4.47 Å². The van der Waals surface area contributed by atoms with Crippen molar-refractivity contribution in [2.24, 2.45) is 0 Å². The minimum Gasteiger partial charge on any atom is -0.347 e. The Kier molecular flexibility index (Phi) is 6.01. The largest absolute Gasteiger partial charge is 0.347 e. The number of hydrogen-bond acceptors (Lipinski definition) is 3. The second-order valence-electron chi connectivity index (χ2n) is 3.74. The van der Waals surface area contributed by atoms with Gasteiger partial charge in [-0.3, -0.25) is 14.4 Å². The van der Waals surface area contributed by atoms with Crippen LogP contribution in [0.5, 0.6) is 0 Å². The van der Waals surface area contributed by atoms with Gasteiger partial charge in [-0.05, 0) is 18.2 Å². The van der Waals surface area contributed by atoms with E-state index < -0.39 is 5.91 Å². The van der Waals surface area contributed by atoms with Crippen LogP contribution in [0.1, 0.15) is 6.92 Å². The highest BCUT2D eigenvalue weighted by Crippen LogP contribution is 2.15. The average molecular weight is 328 g/mol. The van der Waals surface area contributed by atoms with E-state index in [1.54, 1.807) is 18.2 Å². The van der Waals surface area contributed by atoms with E-state index in [2.05, 4.69) is 31.9 Å². The van der Waals surface area contributed by atoms with Gasteiger partial charge in [0.1, 0.15) is 0 Å². The third-order valence-electron chi connectivity index (χ3n) is 2.05. The fraction of sp³-hybridized carbons (Fsp3) is 0.250. The first-order chi connectivity index (χ1) is 8.97. The minimum atomic E-state index is -0.417. The summed E-state index contributed by atoms with van der Waals surface area (Å²) >= 11 is 3.29. The molecule has 1 rings (SSSR count). The topological polar surface area (TPSA) is 87.3 Å². The van der Waals surface area contributed by atoms with E-state index >= 15 is 0 Å². The third-order valence-corrected chi connectivity index (χ3v) is 2.55. The number of anilines is 1. The summed E-state index contributed by atoms with van der Waals surface area (Å²) in [5, 5.41) is 7.36. The van der Waals surface area contributed by atoms with Gasteiger partial charge in [-0.1, -0.05) is 22.0 Å². The van der Waals surface area contributed by atoms with Gasteiger partial charge in [-0.15, -0.1) is 0 Å². The molecule has 19 heavy (non-hydrogen) atoms. The predicted octanol–water partition coefficient (Wildman–Crippen LogP) is 0.640. The number of benzene rings is 1. The highest BCUT2D eigenvalue weighted by Gasteiger charge is 2.06. The molecule has 0 saturated carbocycles. The molecule has 0 unspecified atom stereocenters. The van der Waals surface area contributed by atoms with Gasteiger partial charge in [0, 0.05) is 17.1 Å². The number of hydrogen-bond donors (Lipinski definition) is 3. The molecule has 0 aliphatic rings. The van der Waals surface area contributed by atoms with Gasteiger partial charge in [0.15, 0.2) is 0 Å². The Bertz CT molecular complexity index is 491. The van der Waals surface area contributed by atoms with Crippen molar-refractivity contribution >= 4 is 39.3 Å². The van der Waals surface area contributed by atoms with Crippen molar-refractivity contribution in [1.29, 1.82) is 0 Å². The first-order valence-corrected chi connectivity index (χ1v) is 6.33. The van der Waals surface area contributed by atoms with Crippen LogP contribution in [-0.2, 0) is 14.4 Å². The summed E-state index contributed by atoms with van der Waals surface area (Å²) in [5.74, 6) is -1.05. The summed E-state index contributed by atoms with van der Waals surface area (Å²) < 4.78 is 0.847. The summed E-state index contributed by atoms with van der Waals surface area (Å²) in [7, 11) is 0. The van der Waals surface area contributed by atoms with Gasteiger partial charge < -0.3 is 16.0 Å². The highest BCUT2D eigenvalue weighted by atomic mass is 79.9. The molecule has 1 aromatic carbocycles. The molecule has 0 aromatic heterocycles. The van der Waals surface area contributed by atoms with Crippen molar-refractivity contribution in [2.75, 3.05) is 18.4 Å². The van der Waals surface area contributed by atoms with E-state index in [-0.39, 0.29) is 24.9 Å². The summed E-state index contributed by atoms with van der Waals surface area (Å²) in [4.78, 5) is 33.4. The lowest BCUT2D eigenvalue weighted by molar-refractivity contribution is -0.126. The molecule has 3 amide bonds. The number of carbonyl (C=O) groups excluding carboxylic acids is 3. The van der Waals surface area contributed by atoms with Crippen molar-refractivity contribution in [2.45, 2.75) is 6.92 Å².